The first-order valence-electron chi connectivity index (χ1n) is 7.26. The second-order valence-corrected chi connectivity index (χ2v) is 4.84. The number of hydrogen-bond acceptors (Lipinski definition) is 5. The molecule has 5 nitrogen and oxygen atoms in total. The standard InChI is InChI=1S/C18H16N4O/c1-2-11-23-13-14-12-17(15-7-3-5-9-19-15)21-22-18(14)16-8-4-6-10-20-16/h2-10,12H,1,11,13H2. The van der Waals surface area contributed by atoms with Crippen LogP contribution in [0.4, 0.5) is 0 Å². The zero-order valence-electron chi connectivity index (χ0n) is 12.6. The summed E-state index contributed by atoms with van der Waals surface area (Å²) in [7, 11) is 0. The van der Waals surface area contributed by atoms with Crippen molar-refractivity contribution in [2.45, 2.75) is 6.61 Å². The molecule has 23 heavy (non-hydrogen) atoms. The summed E-state index contributed by atoms with van der Waals surface area (Å²) in [5.74, 6) is 0. The summed E-state index contributed by atoms with van der Waals surface area (Å²) < 4.78 is 5.59. The van der Waals surface area contributed by atoms with E-state index in [4.69, 9.17) is 4.74 Å². The predicted molar refractivity (Wildman–Crippen MR) is 88.3 cm³/mol. The van der Waals surface area contributed by atoms with E-state index in [9.17, 15) is 0 Å². The molecule has 0 bridgehead atoms. The minimum Gasteiger partial charge on any atom is -0.373 e. The lowest BCUT2D eigenvalue weighted by Crippen LogP contribution is -2.02. The molecule has 3 heterocycles. The molecule has 114 valence electrons. The van der Waals surface area contributed by atoms with Crippen LogP contribution in [0.1, 0.15) is 5.56 Å². The zero-order chi connectivity index (χ0) is 15.9. The van der Waals surface area contributed by atoms with Gasteiger partial charge in [-0.05, 0) is 30.3 Å². The highest BCUT2D eigenvalue weighted by atomic mass is 16.5. The maximum absolute atomic E-state index is 5.59. The van der Waals surface area contributed by atoms with E-state index >= 15 is 0 Å². The highest BCUT2D eigenvalue weighted by Crippen LogP contribution is 2.23. The second-order valence-electron chi connectivity index (χ2n) is 4.84. The van der Waals surface area contributed by atoms with Gasteiger partial charge in [0.15, 0.2) is 0 Å². The van der Waals surface area contributed by atoms with Gasteiger partial charge in [0.25, 0.3) is 0 Å². The van der Waals surface area contributed by atoms with Crippen LogP contribution in [0.25, 0.3) is 22.8 Å². The van der Waals surface area contributed by atoms with E-state index in [0.29, 0.717) is 24.6 Å². The Bertz CT molecular complexity index is 776. The summed E-state index contributed by atoms with van der Waals surface area (Å²) in [6, 6.07) is 13.3. The molecular formula is C18H16N4O. The Kier molecular flexibility index (Phi) is 4.81. The third-order valence-electron chi connectivity index (χ3n) is 3.20. The smallest absolute Gasteiger partial charge is 0.117 e. The van der Waals surface area contributed by atoms with Crippen molar-refractivity contribution < 1.29 is 4.74 Å². The van der Waals surface area contributed by atoms with Gasteiger partial charge in [-0.25, -0.2) is 0 Å². The minimum atomic E-state index is 0.410. The highest BCUT2D eigenvalue weighted by molar-refractivity contribution is 5.63. The zero-order valence-corrected chi connectivity index (χ0v) is 12.6. The number of aromatic nitrogens is 4. The summed E-state index contributed by atoms with van der Waals surface area (Å²) in [5.41, 5.74) is 3.89. The van der Waals surface area contributed by atoms with Crippen molar-refractivity contribution in [1.82, 2.24) is 20.2 Å². The Hall–Kier alpha value is -2.92. The molecular weight excluding hydrogens is 288 g/mol. The van der Waals surface area contributed by atoms with Crippen LogP contribution in [0.15, 0.2) is 67.5 Å². The first-order valence-corrected chi connectivity index (χ1v) is 7.26. The molecule has 0 atom stereocenters. The topological polar surface area (TPSA) is 60.8 Å². The van der Waals surface area contributed by atoms with E-state index in [0.717, 1.165) is 17.0 Å². The number of nitrogens with zero attached hydrogens (tertiary/aromatic N) is 4. The second kappa shape index (κ2) is 7.38. The first-order chi connectivity index (χ1) is 11.4. The minimum absolute atomic E-state index is 0.410. The van der Waals surface area contributed by atoms with E-state index < -0.39 is 0 Å². The van der Waals surface area contributed by atoms with Crippen LogP contribution in [-0.4, -0.2) is 26.8 Å². The Labute approximate surface area is 134 Å². The van der Waals surface area contributed by atoms with Crippen LogP contribution in [0, 0.1) is 0 Å². The lowest BCUT2D eigenvalue weighted by Gasteiger charge is -2.09. The van der Waals surface area contributed by atoms with Gasteiger partial charge >= 0.3 is 0 Å². The van der Waals surface area contributed by atoms with Crippen molar-refractivity contribution in [1.29, 1.82) is 0 Å². The summed E-state index contributed by atoms with van der Waals surface area (Å²) >= 11 is 0. The van der Waals surface area contributed by atoms with Gasteiger partial charge in [0.1, 0.15) is 11.4 Å². The van der Waals surface area contributed by atoms with Crippen molar-refractivity contribution >= 4 is 0 Å². The molecule has 0 aliphatic carbocycles. The maximum atomic E-state index is 5.59. The van der Waals surface area contributed by atoms with Crippen LogP contribution in [0.5, 0.6) is 0 Å². The van der Waals surface area contributed by atoms with Crippen molar-refractivity contribution in [3.8, 4) is 22.8 Å². The molecule has 0 amide bonds. The molecule has 5 heteroatoms. The van der Waals surface area contributed by atoms with Gasteiger partial charge in [0.2, 0.25) is 0 Å². The Balaban J connectivity index is 2.00. The predicted octanol–water partition coefficient (Wildman–Crippen LogP) is 3.30. The summed E-state index contributed by atoms with van der Waals surface area (Å²) in [5, 5.41) is 8.63. The number of ether oxygens (including phenoxy) is 1. The van der Waals surface area contributed by atoms with Gasteiger partial charge in [0.05, 0.1) is 24.6 Å². The lowest BCUT2D eigenvalue weighted by molar-refractivity contribution is 0.149. The third-order valence-corrected chi connectivity index (χ3v) is 3.20. The van der Waals surface area contributed by atoms with E-state index in [1.807, 2.05) is 42.5 Å². The van der Waals surface area contributed by atoms with Gasteiger partial charge in [-0.2, -0.15) is 0 Å². The van der Waals surface area contributed by atoms with E-state index in [1.165, 1.54) is 0 Å². The molecule has 3 rings (SSSR count). The van der Waals surface area contributed by atoms with Crippen LogP contribution < -0.4 is 0 Å². The average Bonchev–Trinajstić information content (AvgIpc) is 2.63. The molecule has 0 saturated heterocycles. The molecule has 0 N–H and O–H groups in total. The summed E-state index contributed by atoms with van der Waals surface area (Å²) in [6.07, 6.45) is 5.18. The fourth-order valence-electron chi connectivity index (χ4n) is 2.15. The molecule has 0 aromatic carbocycles. The van der Waals surface area contributed by atoms with Gasteiger partial charge < -0.3 is 4.74 Å². The molecule has 0 aliphatic heterocycles. The Morgan fingerprint density at radius 2 is 1.65 bits per heavy atom. The molecule has 0 spiro atoms. The maximum Gasteiger partial charge on any atom is 0.117 e. The quantitative estimate of drug-likeness (QED) is 0.516. The molecule has 0 fully saturated rings. The van der Waals surface area contributed by atoms with Gasteiger partial charge in [0, 0.05) is 18.0 Å². The van der Waals surface area contributed by atoms with Crippen molar-refractivity contribution in [3.05, 3.63) is 73.1 Å². The Morgan fingerprint density at radius 3 is 2.30 bits per heavy atom. The van der Waals surface area contributed by atoms with Gasteiger partial charge in [-0.1, -0.05) is 18.2 Å². The average molecular weight is 304 g/mol. The highest BCUT2D eigenvalue weighted by Gasteiger charge is 2.12. The fraction of sp³-hybridized carbons (Fsp3) is 0.111. The van der Waals surface area contributed by atoms with E-state index in [2.05, 4.69) is 26.7 Å². The largest absolute Gasteiger partial charge is 0.373 e. The molecule has 0 saturated carbocycles. The fourth-order valence-corrected chi connectivity index (χ4v) is 2.15. The molecule has 0 radical (unpaired) electrons. The van der Waals surface area contributed by atoms with E-state index in [1.54, 1.807) is 18.5 Å². The SMILES string of the molecule is C=CCOCc1cc(-c2ccccn2)nnc1-c1ccccn1. The molecule has 0 aliphatic rings. The molecule has 0 unspecified atom stereocenters. The van der Waals surface area contributed by atoms with Gasteiger partial charge in [-0.3, -0.25) is 9.97 Å². The van der Waals surface area contributed by atoms with Crippen LogP contribution in [-0.2, 0) is 11.3 Å². The van der Waals surface area contributed by atoms with Crippen molar-refractivity contribution in [3.63, 3.8) is 0 Å². The number of pyridine rings is 2. The number of rotatable bonds is 6. The lowest BCUT2D eigenvalue weighted by atomic mass is 10.1. The summed E-state index contributed by atoms with van der Waals surface area (Å²) in [4.78, 5) is 8.66. The third kappa shape index (κ3) is 3.64. The molecule has 3 aromatic rings. The first kappa shape index (κ1) is 15.0. The summed E-state index contributed by atoms with van der Waals surface area (Å²) in [6.45, 7) is 4.55. The van der Waals surface area contributed by atoms with Crippen molar-refractivity contribution in [2.75, 3.05) is 6.61 Å². The van der Waals surface area contributed by atoms with Crippen LogP contribution in [0.2, 0.25) is 0 Å². The van der Waals surface area contributed by atoms with Crippen molar-refractivity contribution in [2.24, 2.45) is 0 Å². The van der Waals surface area contributed by atoms with Crippen LogP contribution in [0.3, 0.4) is 0 Å². The van der Waals surface area contributed by atoms with Gasteiger partial charge in [-0.15, -0.1) is 16.8 Å². The normalized spacial score (nSPS) is 10.4. The Morgan fingerprint density at radius 1 is 0.913 bits per heavy atom. The number of hydrogen-bond donors (Lipinski definition) is 0. The van der Waals surface area contributed by atoms with E-state index in [-0.39, 0.29) is 0 Å². The van der Waals surface area contributed by atoms with Crippen LogP contribution >= 0.6 is 0 Å². The molecule has 3 aromatic heterocycles. The monoisotopic (exact) mass is 304 g/mol.